The number of hydrogen-bond acceptors (Lipinski definition) is 8. The van der Waals surface area contributed by atoms with Crippen LogP contribution in [0.25, 0.3) is 10.4 Å². The lowest BCUT2D eigenvalue weighted by Crippen LogP contribution is -2.38. The van der Waals surface area contributed by atoms with E-state index in [1.54, 1.807) is 19.4 Å². The monoisotopic (exact) mass is 566 g/mol. The molecule has 1 saturated heterocycles. The Labute approximate surface area is 232 Å². The molecule has 2 atom stereocenters. The minimum atomic E-state index is -3.76. The van der Waals surface area contributed by atoms with E-state index in [1.807, 2.05) is 60.7 Å². The molecule has 0 radical (unpaired) electrons. The van der Waals surface area contributed by atoms with Crippen LogP contribution in [0.3, 0.4) is 0 Å². The molecular formula is C28H30N4O5S2. The van der Waals surface area contributed by atoms with Gasteiger partial charge in [0.1, 0.15) is 15.7 Å². The van der Waals surface area contributed by atoms with Gasteiger partial charge in [0.25, 0.3) is 10.0 Å². The fourth-order valence-corrected chi connectivity index (χ4v) is 7.93. The lowest BCUT2D eigenvalue weighted by molar-refractivity contribution is -0.144. The molecule has 1 unspecified atom stereocenters. The van der Waals surface area contributed by atoms with E-state index in [2.05, 4.69) is 10.3 Å². The Morgan fingerprint density at radius 2 is 1.82 bits per heavy atom. The van der Waals surface area contributed by atoms with Crippen LogP contribution in [0.15, 0.2) is 77.1 Å². The highest BCUT2D eigenvalue weighted by atomic mass is 32.2. The molecule has 0 saturated carbocycles. The van der Waals surface area contributed by atoms with Gasteiger partial charge in [-0.3, -0.25) is 0 Å². The van der Waals surface area contributed by atoms with Crippen LogP contribution in [-0.2, 0) is 26.0 Å². The first-order valence-electron chi connectivity index (χ1n) is 12.7. The van der Waals surface area contributed by atoms with Crippen molar-refractivity contribution in [1.29, 1.82) is 0 Å². The molecule has 2 aromatic heterocycles. The van der Waals surface area contributed by atoms with E-state index in [1.165, 1.54) is 27.4 Å². The molecule has 39 heavy (non-hydrogen) atoms. The molecule has 5 rings (SSSR count). The summed E-state index contributed by atoms with van der Waals surface area (Å²) in [7, 11) is -0.832. The minimum Gasteiger partial charge on any atom is -0.497 e. The van der Waals surface area contributed by atoms with Gasteiger partial charge >= 0.3 is 5.97 Å². The molecule has 9 nitrogen and oxygen atoms in total. The number of sulfonamides is 1. The van der Waals surface area contributed by atoms with E-state index in [0.29, 0.717) is 29.3 Å². The number of benzene rings is 2. The Kier molecular flexibility index (Phi) is 8.10. The molecule has 3 heterocycles. The minimum absolute atomic E-state index is 0.299. The van der Waals surface area contributed by atoms with Gasteiger partial charge in [0, 0.05) is 17.8 Å². The number of methoxy groups -OCH3 is 2. The van der Waals surface area contributed by atoms with E-state index in [-0.39, 0.29) is 0 Å². The molecule has 0 aliphatic carbocycles. The summed E-state index contributed by atoms with van der Waals surface area (Å²) in [6.07, 6.45) is 4.27. The Bertz CT molecular complexity index is 1520. The summed E-state index contributed by atoms with van der Waals surface area (Å²) in [5.74, 6) is 0.263. The number of thiophene rings is 1. The third-order valence-corrected chi connectivity index (χ3v) is 10.4. The van der Waals surface area contributed by atoms with Gasteiger partial charge in [-0.2, -0.15) is 4.31 Å². The normalized spacial score (nSPS) is 17.0. The van der Waals surface area contributed by atoms with Crippen LogP contribution in [-0.4, -0.2) is 54.5 Å². The number of carbonyl (C=O) groups excluding carboxylic acids is 1. The van der Waals surface area contributed by atoms with Crippen molar-refractivity contribution >= 4 is 27.3 Å². The molecule has 11 heteroatoms. The highest BCUT2D eigenvalue weighted by Crippen LogP contribution is 2.38. The summed E-state index contributed by atoms with van der Waals surface area (Å²) in [5.41, 5.74) is 2.39. The van der Waals surface area contributed by atoms with E-state index < -0.39 is 28.1 Å². The van der Waals surface area contributed by atoms with Gasteiger partial charge < -0.3 is 9.47 Å². The molecule has 1 aliphatic rings. The number of ether oxygens (including phenoxy) is 2. The highest BCUT2D eigenvalue weighted by Gasteiger charge is 2.37. The lowest BCUT2D eigenvalue weighted by atomic mass is 10.0. The molecule has 204 valence electrons. The SMILES string of the molecule is COC(=O)[C@H](Cc1ccc(OC)cc1)n1cc(C2CCCCN2S(=O)(=O)c2ccc(-c3ccccc3)s2)nn1. The molecule has 4 aromatic rings. The third-order valence-electron chi connectivity index (χ3n) is 6.91. The number of piperidine rings is 1. The molecular weight excluding hydrogens is 536 g/mol. The number of aromatic nitrogens is 3. The largest absolute Gasteiger partial charge is 0.497 e. The first kappa shape index (κ1) is 27.0. The number of hydrogen-bond donors (Lipinski definition) is 0. The fourth-order valence-electron chi connectivity index (χ4n) is 4.82. The summed E-state index contributed by atoms with van der Waals surface area (Å²) < 4.78 is 41.2. The topological polar surface area (TPSA) is 104 Å². The summed E-state index contributed by atoms with van der Waals surface area (Å²) in [5, 5.41) is 8.59. The highest BCUT2D eigenvalue weighted by molar-refractivity contribution is 7.91. The van der Waals surface area contributed by atoms with Gasteiger partial charge in [-0.1, -0.05) is 54.1 Å². The smallest absolute Gasteiger partial charge is 0.331 e. The van der Waals surface area contributed by atoms with Gasteiger partial charge in [0.15, 0.2) is 6.04 Å². The molecule has 2 aromatic carbocycles. The number of nitrogens with zero attached hydrogens (tertiary/aromatic N) is 4. The Morgan fingerprint density at radius 1 is 1.05 bits per heavy atom. The maximum absolute atomic E-state index is 13.8. The van der Waals surface area contributed by atoms with Crippen LogP contribution in [0.4, 0.5) is 0 Å². The van der Waals surface area contributed by atoms with Gasteiger partial charge in [0.2, 0.25) is 0 Å². The summed E-state index contributed by atoms with van der Waals surface area (Å²) in [6.45, 7) is 0.394. The van der Waals surface area contributed by atoms with Crippen molar-refractivity contribution in [3.8, 4) is 16.2 Å². The van der Waals surface area contributed by atoms with Gasteiger partial charge in [-0.25, -0.2) is 17.9 Å². The Morgan fingerprint density at radius 3 is 2.54 bits per heavy atom. The number of rotatable bonds is 9. The second-order valence-electron chi connectivity index (χ2n) is 9.33. The van der Waals surface area contributed by atoms with Crippen LogP contribution in [0, 0.1) is 0 Å². The van der Waals surface area contributed by atoms with Crippen molar-refractivity contribution in [2.75, 3.05) is 20.8 Å². The zero-order valence-electron chi connectivity index (χ0n) is 21.8. The number of esters is 1. The quantitative estimate of drug-likeness (QED) is 0.266. The van der Waals surface area contributed by atoms with E-state index >= 15 is 0 Å². The van der Waals surface area contributed by atoms with Crippen LogP contribution in [0.1, 0.15) is 42.6 Å². The van der Waals surface area contributed by atoms with E-state index in [9.17, 15) is 13.2 Å². The van der Waals surface area contributed by atoms with Crippen LogP contribution < -0.4 is 4.74 Å². The number of carbonyl (C=O) groups is 1. The first-order valence-corrected chi connectivity index (χ1v) is 15.0. The van der Waals surface area contributed by atoms with Gasteiger partial charge in [0.05, 0.1) is 26.5 Å². The third kappa shape index (κ3) is 5.75. The first-order chi connectivity index (χ1) is 18.9. The summed E-state index contributed by atoms with van der Waals surface area (Å²) in [6, 6.07) is 19.5. The zero-order valence-corrected chi connectivity index (χ0v) is 23.4. The average Bonchev–Trinajstić information content (AvgIpc) is 3.68. The summed E-state index contributed by atoms with van der Waals surface area (Å²) >= 11 is 1.26. The molecule has 0 bridgehead atoms. The maximum atomic E-state index is 13.8. The van der Waals surface area contributed by atoms with Gasteiger partial charge in [-0.05, 0) is 48.2 Å². The lowest BCUT2D eigenvalue weighted by Gasteiger charge is -2.33. The molecule has 0 spiro atoms. The average molecular weight is 567 g/mol. The Balaban J connectivity index is 1.41. The Hall–Kier alpha value is -3.54. The molecule has 0 amide bonds. The fraction of sp³-hybridized carbons (Fsp3) is 0.321. The second-order valence-corrected chi connectivity index (χ2v) is 12.5. The predicted octanol–water partition coefficient (Wildman–Crippen LogP) is 4.89. The van der Waals surface area contributed by atoms with Crippen LogP contribution in [0.5, 0.6) is 5.75 Å². The van der Waals surface area contributed by atoms with Crippen molar-refractivity contribution in [2.45, 2.75) is 42.0 Å². The predicted molar refractivity (Wildman–Crippen MR) is 148 cm³/mol. The molecule has 0 N–H and O–H groups in total. The van der Waals surface area contributed by atoms with Crippen LogP contribution >= 0.6 is 11.3 Å². The van der Waals surface area contributed by atoms with Crippen molar-refractivity contribution in [3.05, 3.63) is 84.2 Å². The van der Waals surface area contributed by atoms with E-state index in [4.69, 9.17) is 9.47 Å². The summed E-state index contributed by atoms with van der Waals surface area (Å²) in [4.78, 5) is 13.6. The second kappa shape index (κ2) is 11.7. The molecule has 1 aliphatic heterocycles. The van der Waals surface area contributed by atoms with Crippen molar-refractivity contribution in [3.63, 3.8) is 0 Å². The van der Waals surface area contributed by atoms with E-state index in [0.717, 1.165) is 34.6 Å². The maximum Gasteiger partial charge on any atom is 0.331 e. The standard InChI is InChI=1S/C28H30N4O5S2/c1-36-22-13-11-20(12-14-22)18-25(28(33)37-2)31-19-23(29-30-31)24-10-6-7-17-32(24)39(34,35)27-16-15-26(38-27)21-8-4-3-5-9-21/h3-5,8-9,11-16,19,24-25H,6-7,10,17-18H2,1-2H3/t24?,25-/m0/s1. The van der Waals surface area contributed by atoms with Crippen molar-refractivity contribution in [2.24, 2.45) is 0 Å². The van der Waals surface area contributed by atoms with Gasteiger partial charge in [-0.15, -0.1) is 16.4 Å². The van der Waals surface area contributed by atoms with Crippen molar-refractivity contribution in [1.82, 2.24) is 19.3 Å². The zero-order chi connectivity index (χ0) is 27.4. The molecule has 1 fully saturated rings. The van der Waals surface area contributed by atoms with Crippen molar-refractivity contribution < 1.29 is 22.7 Å². The van der Waals surface area contributed by atoms with Crippen LogP contribution in [0.2, 0.25) is 0 Å².